The van der Waals surface area contributed by atoms with Crippen molar-refractivity contribution in [3.05, 3.63) is 30.3 Å². The van der Waals surface area contributed by atoms with Gasteiger partial charge in [-0.3, -0.25) is 4.79 Å². The van der Waals surface area contributed by atoms with Crippen LogP contribution in [0, 0.1) is 0 Å². The zero-order valence-corrected chi connectivity index (χ0v) is 10.7. The molecule has 1 rings (SSSR count). The molecule has 2 N–H and O–H groups in total. The van der Waals surface area contributed by atoms with Crippen LogP contribution in [0.4, 0.5) is 0 Å². The maximum absolute atomic E-state index is 11.4. The lowest BCUT2D eigenvalue weighted by Gasteiger charge is -2.10. The van der Waals surface area contributed by atoms with Crippen molar-refractivity contribution < 1.29 is 23.1 Å². The molecule has 6 nitrogen and oxygen atoms in total. The summed E-state index contributed by atoms with van der Waals surface area (Å²) < 4.78 is 30.3. The normalized spacial score (nSPS) is 12.9. The fraction of sp³-hybridized carbons (Fsp3) is 0.364. The van der Waals surface area contributed by atoms with Gasteiger partial charge in [-0.2, -0.15) is 0 Å². The Hall–Kier alpha value is -1.60. The Bertz CT molecular complexity index is 485. The second-order valence-corrected chi connectivity index (χ2v) is 5.67. The maximum Gasteiger partial charge on any atom is 0.323 e. The van der Waals surface area contributed by atoms with Crippen LogP contribution in [0.3, 0.4) is 0 Å². The smallest absolute Gasteiger partial charge is 0.323 e. The first kappa shape index (κ1) is 14.5. The first-order valence-electron chi connectivity index (χ1n) is 5.32. The first-order chi connectivity index (χ1) is 8.43. The SMILES string of the molecule is CC(C(=O)O)S(=O)(=O)NCCOc1ccccc1. The van der Waals surface area contributed by atoms with Gasteiger partial charge >= 0.3 is 5.97 Å². The van der Waals surface area contributed by atoms with Gasteiger partial charge in [0.1, 0.15) is 12.4 Å². The lowest BCUT2D eigenvalue weighted by atomic mass is 10.3. The summed E-state index contributed by atoms with van der Waals surface area (Å²) in [5, 5.41) is 7.12. The molecular formula is C11H15NO5S. The van der Waals surface area contributed by atoms with E-state index in [4.69, 9.17) is 9.84 Å². The van der Waals surface area contributed by atoms with Crippen molar-refractivity contribution in [1.29, 1.82) is 0 Å². The highest BCUT2D eigenvalue weighted by molar-refractivity contribution is 7.90. The third-order valence-corrected chi connectivity index (χ3v) is 3.97. The number of carbonyl (C=O) groups is 1. The Balaban J connectivity index is 2.36. The molecule has 0 fully saturated rings. The Labute approximate surface area is 106 Å². The van der Waals surface area contributed by atoms with Crippen molar-refractivity contribution in [2.24, 2.45) is 0 Å². The summed E-state index contributed by atoms with van der Waals surface area (Å²) in [7, 11) is -3.84. The van der Waals surface area contributed by atoms with Crippen LogP contribution in [0.25, 0.3) is 0 Å². The number of hydrogen-bond donors (Lipinski definition) is 2. The van der Waals surface area contributed by atoms with Crippen LogP contribution in [-0.4, -0.2) is 37.9 Å². The lowest BCUT2D eigenvalue weighted by molar-refractivity contribution is -0.136. The molecule has 0 aromatic heterocycles. The van der Waals surface area contributed by atoms with Crippen LogP contribution in [0.2, 0.25) is 0 Å². The zero-order chi connectivity index (χ0) is 13.6. The Morgan fingerprint density at radius 2 is 2.00 bits per heavy atom. The number of aliphatic carboxylic acids is 1. The Kier molecular flexibility index (Phi) is 5.11. The molecule has 0 saturated carbocycles. The van der Waals surface area contributed by atoms with Crippen LogP contribution in [-0.2, 0) is 14.8 Å². The predicted molar refractivity (Wildman–Crippen MR) is 66.0 cm³/mol. The molecule has 0 aliphatic heterocycles. The third-order valence-electron chi connectivity index (χ3n) is 2.23. The Morgan fingerprint density at radius 1 is 1.39 bits per heavy atom. The number of para-hydroxylation sites is 1. The summed E-state index contributed by atoms with van der Waals surface area (Å²) in [4.78, 5) is 10.5. The standard InChI is InChI=1S/C11H15NO5S/c1-9(11(13)14)18(15,16)12-7-8-17-10-5-3-2-4-6-10/h2-6,9,12H,7-8H2,1H3,(H,13,14). The summed E-state index contributed by atoms with van der Waals surface area (Å²) >= 11 is 0. The fourth-order valence-electron chi connectivity index (χ4n) is 1.13. The van der Waals surface area contributed by atoms with Gasteiger partial charge in [0.2, 0.25) is 10.0 Å². The molecule has 1 aromatic rings. The molecular weight excluding hydrogens is 258 g/mol. The van der Waals surface area contributed by atoms with Crippen molar-refractivity contribution >= 4 is 16.0 Å². The number of sulfonamides is 1. The van der Waals surface area contributed by atoms with Gasteiger partial charge in [0.05, 0.1) is 0 Å². The molecule has 0 spiro atoms. The summed E-state index contributed by atoms with van der Waals surface area (Å²) in [6, 6.07) is 8.92. The largest absolute Gasteiger partial charge is 0.492 e. The van der Waals surface area contributed by atoms with Gasteiger partial charge in [0.25, 0.3) is 0 Å². The number of rotatable bonds is 7. The predicted octanol–water partition coefficient (Wildman–Crippen LogP) is 0.458. The molecule has 7 heteroatoms. The minimum absolute atomic E-state index is 0.0227. The number of hydrogen-bond acceptors (Lipinski definition) is 4. The van der Waals surface area contributed by atoms with E-state index in [0.717, 1.165) is 6.92 Å². The van der Waals surface area contributed by atoms with Crippen LogP contribution in [0.5, 0.6) is 5.75 Å². The molecule has 18 heavy (non-hydrogen) atoms. The van der Waals surface area contributed by atoms with Crippen molar-refractivity contribution in [3.63, 3.8) is 0 Å². The van der Waals surface area contributed by atoms with Gasteiger partial charge < -0.3 is 9.84 Å². The topological polar surface area (TPSA) is 92.7 Å². The number of nitrogens with one attached hydrogen (secondary N) is 1. The van der Waals surface area contributed by atoms with Crippen LogP contribution in [0.1, 0.15) is 6.92 Å². The molecule has 0 aliphatic rings. The molecule has 100 valence electrons. The number of ether oxygens (including phenoxy) is 1. The van der Waals surface area contributed by atoms with Gasteiger partial charge in [-0.25, -0.2) is 13.1 Å². The van der Waals surface area contributed by atoms with Crippen molar-refractivity contribution in [2.45, 2.75) is 12.2 Å². The fourth-order valence-corrected chi connectivity index (χ4v) is 2.01. The molecule has 0 aliphatic carbocycles. The molecule has 1 aromatic carbocycles. The summed E-state index contributed by atoms with van der Waals surface area (Å²) in [6.45, 7) is 1.27. The highest BCUT2D eigenvalue weighted by Crippen LogP contribution is 2.07. The molecule has 1 unspecified atom stereocenters. The van der Waals surface area contributed by atoms with Crippen LogP contribution < -0.4 is 9.46 Å². The average molecular weight is 273 g/mol. The van der Waals surface area contributed by atoms with Gasteiger partial charge in [0, 0.05) is 6.54 Å². The number of benzene rings is 1. The minimum atomic E-state index is -3.84. The second-order valence-electron chi connectivity index (χ2n) is 3.58. The molecule has 0 bridgehead atoms. The molecule has 1 atom stereocenters. The van der Waals surface area contributed by atoms with Crippen molar-refractivity contribution in [3.8, 4) is 5.75 Å². The third kappa shape index (κ3) is 4.34. The lowest BCUT2D eigenvalue weighted by Crippen LogP contribution is -2.39. The molecule has 0 heterocycles. The summed E-state index contributed by atoms with van der Waals surface area (Å²) in [5.74, 6) is -0.755. The maximum atomic E-state index is 11.4. The monoisotopic (exact) mass is 273 g/mol. The number of carboxylic acid groups (broad SMARTS) is 1. The zero-order valence-electron chi connectivity index (χ0n) is 9.87. The molecule has 0 amide bonds. The first-order valence-corrected chi connectivity index (χ1v) is 6.87. The van der Waals surface area contributed by atoms with Crippen molar-refractivity contribution in [1.82, 2.24) is 4.72 Å². The van der Waals surface area contributed by atoms with Gasteiger partial charge in [0.15, 0.2) is 5.25 Å². The van der Waals surface area contributed by atoms with E-state index in [2.05, 4.69) is 4.72 Å². The van der Waals surface area contributed by atoms with E-state index in [1.165, 1.54) is 0 Å². The molecule has 0 radical (unpaired) electrons. The van der Waals surface area contributed by atoms with Gasteiger partial charge in [-0.1, -0.05) is 18.2 Å². The highest BCUT2D eigenvalue weighted by Gasteiger charge is 2.26. The molecule has 0 saturated heterocycles. The Morgan fingerprint density at radius 3 is 2.56 bits per heavy atom. The average Bonchev–Trinajstić information content (AvgIpc) is 2.35. The van der Waals surface area contributed by atoms with E-state index in [1.807, 2.05) is 6.07 Å². The summed E-state index contributed by atoms with van der Waals surface area (Å²) in [6.07, 6.45) is 0. The van der Waals surface area contributed by atoms with E-state index >= 15 is 0 Å². The van der Waals surface area contributed by atoms with E-state index in [-0.39, 0.29) is 13.2 Å². The minimum Gasteiger partial charge on any atom is -0.492 e. The van der Waals surface area contributed by atoms with E-state index in [1.54, 1.807) is 24.3 Å². The summed E-state index contributed by atoms with van der Waals surface area (Å²) in [5.41, 5.74) is 0. The van der Waals surface area contributed by atoms with Gasteiger partial charge in [-0.05, 0) is 19.1 Å². The van der Waals surface area contributed by atoms with E-state index in [0.29, 0.717) is 5.75 Å². The van der Waals surface area contributed by atoms with E-state index in [9.17, 15) is 13.2 Å². The van der Waals surface area contributed by atoms with Crippen LogP contribution >= 0.6 is 0 Å². The second kappa shape index (κ2) is 6.36. The van der Waals surface area contributed by atoms with Crippen molar-refractivity contribution in [2.75, 3.05) is 13.2 Å². The van der Waals surface area contributed by atoms with Crippen LogP contribution in [0.15, 0.2) is 30.3 Å². The van der Waals surface area contributed by atoms with E-state index < -0.39 is 21.2 Å². The quantitative estimate of drug-likeness (QED) is 0.704. The van der Waals surface area contributed by atoms with Gasteiger partial charge in [-0.15, -0.1) is 0 Å². The highest BCUT2D eigenvalue weighted by atomic mass is 32.2. The number of carboxylic acids is 1.